The lowest BCUT2D eigenvalue weighted by Gasteiger charge is -2.21. The van der Waals surface area contributed by atoms with E-state index in [0.717, 1.165) is 0 Å². The molecule has 3 N–H and O–H groups in total. The molecule has 2 heterocycles. The van der Waals surface area contributed by atoms with E-state index in [0.29, 0.717) is 16.6 Å². The molecule has 7 heteroatoms. The Bertz CT molecular complexity index is 776. The molecule has 0 aromatic carbocycles. The molecule has 0 unspecified atom stereocenters. The summed E-state index contributed by atoms with van der Waals surface area (Å²) < 4.78 is 7.50. The van der Waals surface area contributed by atoms with Gasteiger partial charge in [0.2, 0.25) is 0 Å². The number of Topliss-reactive ketones (excluding diaryl/α,β-unsaturated/α-hetero) is 1. The molecule has 0 fully saturated rings. The first-order valence-corrected chi connectivity index (χ1v) is 7.75. The Morgan fingerprint density at radius 2 is 2.17 bits per heavy atom. The van der Waals surface area contributed by atoms with Crippen LogP contribution in [0.3, 0.4) is 0 Å². The van der Waals surface area contributed by atoms with Crippen LogP contribution >= 0.6 is 0 Å². The van der Waals surface area contributed by atoms with Crippen molar-refractivity contribution in [3.05, 3.63) is 18.1 Å². The van der Waals surface area contributed by atoms with E-state index in [1.54, 1.807) is 17.7 Å². The molecule has 2 atom stereocenters. The van der Waals surface area contributed by atoms with Crippen molar-refractivity contribution >= 4 is 22.6 Å². The Hall–Kier alpha value is -2.43. The number of carbonyl (C=O) groups is 1. The number of hydrogen-bond acceptors (Lipinski definition) is 6. The topological polar surface area (TPSA) is 103 Å². The van der Waals surface area contributed by atoms with E-state index in [2.05, 4.69) is 15.9 Å². The van der Waals surface area contributed by atoms with Gasteiger partial charge in [0.05, 0.1) is 18.1 Å². The van der Waals surface area contributed by atoms with Gasteiger partial charge in [0.25, 0.3) is 0 Å². The van der Waals surface area contributed by atoms with Crippen LogP contribution in [-0.4, -0.2) is 38.1 Å². The third-order valence-electron chi connectivity index (χ3n) is 3.76. The van der Waals surface area contributed by atoms with Gasteiger partial charge in [0.1, 0.15) is 24.0 Å². The Morgan fingerprint density at radius 3 is 2.75 bits per heavy atom. The number of carbonyl (C=O) groups excluding carboxylic acids is 1. The molecule has 0 aliphatic rings. The lowest BCUT2D eigenvalue weighted by molar-refractivity contribution is -0.0605. The molecule has 7 nitrogen and oxygen atoms in total. The fourth-order valence-electron chi connectivity index (χ4n) is 2.51. The number of nitrogens with zero attached hydrogens (tertiary/aromatic N) is 3. The summed E-state index contributed by atoms with van der Waals surface area (Å²) in [7, 11) is 0. The molecular weight excluding hydrogens is 308 g/mol. The van der Waals surface area contributed by atoms with Crippen LogP contribution in [0.4, 0.5) is 5.82 Å². The number of aliphatic hydroxyl groups excluding tert-OH is 1. The van der Waals surface area contributed by atoms with Crippen LogP contribution in [0.5, 0.6) is 0 Å². The third-order valence-corrected chi connectivity index (χ3v) is 3.76. The summed E-state index contributed by atoms with van der Waals surface area (Å²) in [5, 5.41) is 9.86. The fraction of sp³-hybridized carbons (Fsp3) is 0.471. The Morgan fingerprint density at radius 1 is 1.46 bits per heavy atom. The van der Waals surface area contributed by atoms with Gasteiger partial charge in [-0.1, -0.05) is 13.8 Å². The minimum atomic E-state index is -0.495. The molecular formula is C17H22N4O3. The number of ether oxygens (including phenoxy) is 1. The highest BCUT2D eigenvalue weighted by molar-refractivity contribution is 6.11. The summed E-state index contributed by atoms with van der Waals surface area (Å²) >= 11 is 0. The van der Waals surface area contributed by atoms with E-state index in [1.807, 2.05) is 13.8 Å². The molecule has 0 bridgehead atoms. The van der Waals surface area contributed by atoms with Gasteiger partial charge in [0, 0.05) is 24.1 Å². The second-order valence-corrected chi connectivity index (χ2v) is 5.87. The highest BCUT2D eigenvalue weighted by Gasteiger charge is 2.24. The summed E-state index contributed by atoms with van der Waals surface area (Å²) in [6, 6.07) is 0. The zero-order valence-corrected chi connectivity index (χ0v) is 14.1. The highest BCUT2D eigenvalue weighted by atomic mass is 16.5. The summed E-state index contributed by atoms with van der Waals surface area (Å²) in [6.07, 6.45) is 7.60. The SMILES string of the molecule is C#CC[C@@H](CO)O[C@H](C)n1cc(C(=O)C(C)C)c2c(N)ncnc21. The van der Waals surface area contributed by atoms with Gasteiger partial charge in [-0.25, -0.2) is 9.97 Å². The summed E-state index contributed by atoms with van der Waals surface area (Å²) in [5.74, 6) is 2.48. The van der Waals surface area contributed by atoms with Crippen LogP contribution < -0.4 is 5.73 Å². The second kappa shape index (κ2) is 7.43. The van der Waals surface area contributed by atoms with Crippen molar-refractivity contribution in [3.8, 4) is 12.3 Å². The second-order valence-electron chi connectivity index (χ2n) is 5.87. The minimum Gasteiger partial charge on any atom is -0.394 e. The van der Waals surface area contributed by atoms with E-state index in [4.69, 9.17) is 16.9 Å². The zero-order valence-electron chi connectivity index (χ0n) is 14.1. The van der Waals surface area contributed by atoms with E-state index in [1.165, 1.54) is 6.33 Å². The Kier molecular flexibility index (Phi) is 5.54. The molecule has 128 valence electrons. The monoisotopic (exact) mass is 330 g/mol. The quantitative estimate of drug-likeness (QED) is 0.592. The predicted molar refractivity (Wildman–Crippen MR) is 91.2 cm³/mol. The first-order chi connectivity index (χ1) is 11.4. The molecule has 2 aromatic rings. The van der Waals surface area contributed by atoms with Crippen LogP contribution in [0.1, 0.15) is 43.8 Å². The van der Waals surface area contributed by atoms with Crippen molar-refractivity contribution < 1.29 is 14.6 Å². The summed E-state index contributed by atoms with van der Waals surface area (Å²) in [5.41, 5.74) is 6.93. The molecule has 2 aromatic heterocycles. The lowest BCUT2D eigenvalue weighted by atomic mass is 10.0. The first kappa shape index (κ1) is 17.9. The number of rotatable bonds is 7. The van der Waals surface area contributed by atoms with Crippen LogP contribution in [0.15, 0.2) is 12.5 Å². The molecule has 0 saturated heterocycles. The molecule has 0 saturated carbocycles. The first-order valence-electron chi connectivity index (χ1n) is 7.75. The van der Waals surface area contributed by atoms with Crippen LogP contribution in [0.25, 0.3) is 11.0 Å². The van der Waals surface area contributed by atoms with Crippen molar-refractivity contribution in [2.24, 2.45) is 5.92 Å². The number of terminal acetylenes is 1. The van der Waals surface area contributed by atoms with Crippen LogP contribution in [-0.2, 0) is 4.74 Å². The van der Waals surface area contributed by atoms with Gasteiger partial charge < -0.3 is 20.1 Å². The maximum atomic E-state index is 12.5. The van der Waals surface area contributed by atoms with Crippen molar-refractivity contribution in [3.63, 3.8) is 0 Å². The summed E-state index contributed by atoms with van der Waals surface area (Å²) in [6.45, 7) is 5.24. The normalized spacial score (nSPS) is 13.8. The number of nitrogen functional groups attached to an aromatic ring is 1. The summed E-state index contributed by atoms with van der Waals surface area (Å²) in [4.78, 5) is 20.7. The number of ketones is 1. The Labute approximate surface area is 140 Å². The van der Waals surface area contributed by atoms with E-state index >= 15 is 0 Å². The molecule has 0 aliphatic heterocycles. The number of hydrogen-bond donors (Lipinski definition) is 2. The Balaban J connectivity index is 2.49. The van der Waals surface area contributed by atoms with Gasteiger partial charge in [-0.2, -0.15) is 0 Å². The molecule has 0 radical (unpaired) electrons. The largest absolute Gasteiger partial charge is 0.394 e. The molecule has 24 heavy (non-hydrogen) atoms. The number of nitrogens with two attached hydrogens (primary N) is 1. The molecule has 0 aliphatic carbocycles. The maximum absolute atomic E-state index is 12.5. The van der Waals surface area contributed by atoms with Gasteiger partial charge in [-0.05, 0) is 6.92 Å². The van der Waals surface area contributed by atoms with Crippen molar-refractivity contribution in [2.75, 3.05) is 12.3 Å². The van der Waals surface area contributed by atoms with E-state index in [-0.39, 0.29) is 30.5 Å². The molecule has 0 spiro atoms. The van der Waals surface area contributed by atoms with E-state index < -0.39 is 12.3 Å². The van der Waals surface area contributed by atoms with Crippen LogP contribution in [0, 0.1) is 18.3 Å². The minimum absolute atomic E-state index is 0.0465. The number of aromatic nitrogens is 3. The van der Waals surface area contributed by atoms with E-state index in [9.17, 15) is 9.90 Å². The number of anilines is 1. The average Bonchev–Trinajstić information content (AvgIpc) is 2.94. The smallest absolute Gasteiger partial charge is 0.167 e. The number of fused-ring (bicyclic) bond motifs is 1. The van der Waals surface area contributed by atoms with Crippen LogP contribution in [0.2, 0.25) is 0 Å². The number of aliphatic hydroxyl groups is 1. The highest BCUT2D eigenvalue weighted by Crippen LogP contribution is 2.29. The van der Waals surface area contributed by atoms with Gasteiger partial charge in [-0.3, -0.25) is 4.79 Å². The molecule has 2 rings (SSSR count). The third kappa shape index (κ3) is 3.40. The van der Waals surface area contributed by atoms with Crippen molar-refractivity contribution in [2.45, 2.75) is 39.5 Å². The van der Waals surface area contributed by atoms with Crippen molar-refractivity contribution in [1.82, 2.24) is 14.5 Å². The predicted octanol–water partition coefficient (Wildman–Crippen LogP) is 1.77. The molecule has 0 amide bonds. The average molecular weight is 330 g/mol. The standard InChI is InChI=1S/C17H22N4O3/c1-5-6-12(8-22)24-11(4)21-7-13(15(23)10(2)3)14-16(18)19-9-20-17(14)21/h1,7,9-12,22H,6,8H2,2-4H3,(H2,18,19,20)/t11-,12+/m1/s1. The zero-order chi connectivity index (χ0) is 17.9. The van der Waals surface area contributed by atoms with Gasteiger partial charge in [0.15, 0.2) is 5.78 Å². The van der Waals surface area contributed by atoms with Crippen molar-refractivity contribution in [1.29, 1.82) is 0 Å². The van der Waals surface area contributed by atoms with Gasteiger partial charge >= 0.3 is 0 Å². The van der Waals surface area contributed by atoms with Gasteiger partial charge in [-0.15, -0.1) is 12.3 Å². The fourth-order valence-corrected chi connectivity index (χ4v) is 2.51. The lowest BCUT2D eigenvalue weighted by Crippen LogP contribution is -2.22. The maximum Gasteiger partial charge on any atom is 0.167 e.